The highest BCUT2D eigenvalue weighted by Gasteiger charge is 2.57. The van der Waals surface area contributed by atoms with E-state index >= 15 is 0 Å². The zero-order valence-electron chi connectivity index (χ0n) is 12.5. The lowest BCUT2D eigenvalue weighted by Crippen LogP contribution is -2.64. The van der Waals surface area contributed by atoms with Crippen LogP contribution in [-0.2, 0) is 9.53 Å². The Morgan fingerprint density at radius 2 is 2.11 bits per heavy atom. The van der Waals surface area contributed by atoms with E-state index in [9.17, 15) is 4.79 Å². The van der Waals surface area contributed by atoms with Crippen molar-refractivity contribution in [2.75, 3.05) is 20.2 Å². The van der Waals surface area contributed by atoms with Crippen LogP contribution in [-0.4, -0.2) is 38.3 Å². The molecule has 2 N–H and O–H groups in total. The third-order valence-corrected chi connectivity index (χ3v) is 4.96. The van der Waals surface area contributed by atoms with E-state index in [4.69, 9.17) is 4.74 Å². The minimum Gasteiger partial charge on any atom is -0.378 e. The van der Waals surface area contributed by atoms with E-state index in [-0.39, 0.29) is 17.2 Å². The van der Waals surface area contributed by atoms with Gasteiger partial charge in [-0.05, 0) is 33.2 Å². The molecule has 3 unspecified atom stereocenters. The second-order valence-corrected chi connectivity index (χ2v) is 6.14. The maximum atomic E-state index is 12.1. The molecule has 1 spiro atoms. The molecule has 2 aliphatic rings. The van der Waals surface area contributed by atoms with Crippen LogP contribution >= 0.6 is 0 Å². The molecule has 0 bridgehead atoms. The van der Waals surface area contributed by atoms with E-state index in [1.807, 2.05) is 14.0 Å². The van der Waals surface area contributed by atoms with Gasteiger partial charge in [-0.25, -0.2) is 0 Å². The van der Waals surface area contributed by atoms with Crippen LogP contribution in [0.1, 0.15) is 46.0 Å². The number of ether oxygens (including phenoxy) is 1. The van der Waals surface area contributed by atoms with Crippen LogP contribution in [0.2, 0.25) is 0 Å². The molecule has 2 aliphatic carbocycles. The Morgan fingerprint density at radius 3 is 2.68 bits per heavy atom. The third kappa shape index (κ3) is 2.79. The molecule has 4 nitrogen and oxygen atoms in total. The van der Waals surface area contributed by atoms with Crippen LogP contribution in [0.5, 0.6) is 0 Å². The Morgan fingerprint density at radius 1 is 1.42 bits per heavy atom. The summed E-state index contributed by atoms with van der Waals surface area (Å²) in [6.45, 7) is 5.55. The summed E-state index contributed by atoms with van der Waals surface area (Å²) < 4.78 is 5.87. The Hall–Kier alpha value is -0.610. The highest BCUT2D eigenvalue weighted by Crippen LogP contribution is 2.54. The minimum atomic E-state index is 0.0367. The number of hydrogen-bond acceptors (Lipinski definition) is 3. The quantitative estimate of drug-likeness (QED) is 0.771. The van der Waals surface area contributed by atoms with Crippen LogP contribution in [0.15, 0.2) is 0 Å². The second-order valence-electron chi connectivity index (χ2n) is 6.14. The Kier molecular flexibility index (Phi) is 4.85. The molecule has 0 aliphatic heterocycles. The summed E-state index contributed by atoms with van der Waals surface area (Å²) in [6.07, 6.45) is 6.34. The highest BCUT2D eigenvalue weighted by atomic mass is 16.5. The topological polar surface area (TPSA) is 50.4 Å². The van der Waals surface area contributed by atoms with Crippen LogP contribution in [0.3, 0.4) is 0 Å². The van der Waals surface area contributed by atoms with Crippen molar-refractivity contribution in [3.63, 3.8) is 0 Å². The average Bonchev–Trinajstić information content (AvgIpc) is 2.90. The van der Waals surface area contributed by atoms with Crippen molar-refractivity contribution in [2.45, 2.75) is 58.1 Å². The van der Waals surface area contributed by atoms with Gasteiger partial charge in [0.1, 0.15) is 0 Å². The molecule has 2 rings (SSSR count). The summed E-state index contributed by atoms with van der Waals surface area (Å²) in [5.74, 6) is 0.218. The number of nitrogens with one attached hydrogen (secondary N) is 2. The largest absolute Gasteiger partial charge is 0.378 e. The lowest BCUT2D eigenvalue weighted by molar-refractivity contribution is -0.146. The molecule has 4 heteroatoms. The molecular formula is C15H28N2O2. The van der Waals surface area contributed by atoms with Crippen LogP contribution in [0.4, 0.5) is 0 Å². The predicted octanol–water partition coefficient (Wildman–Crippen LogP) is 1.70. The van der Waals surface area contributed by atoms with Crippen molar-refractivity contribution in [3.8, 4) is 0 Å². The molecule has 0 aromatic rings. The summed E-state index contributed by atoms with van der Waals surface area (Å²) >= 11 is 0. The number of rotatable bonds is 6. The number of carbonyl (C=O) groups excluding carboxylic acids is 1. The van der Waals surface area contributed by atoms with Gasteiger partial charge in [-0.15, -0.1) is 0 Å². The molecular weight excluding hydrogens is 240 g/mol. The maximum absolute atomic E-state index is 12.1. The molecule has 0 radical (unpaired) electrons. The summed E-state index contributed by atoms with van der Waals surface area (Å²) in [5.41, 5.74) is 0.241. The molecule has 0 heterocycles. The standard InChI is InChI=1S/C15H28N2O2/c1-4-19-13-9-12(15(13)7-5-6-8-15)17-14(18)11(2)10-16-3/h11-13,16H,4-10H2,1-3H3,(H,17,18). The number of hydrogen-bond donors (Lipinski definition) is 2. The van der Waals surface area contributed by atoms with Gasteiger partial charge in [-0.3, -0.25) is 4.79 Å². The summed E-state index contributed by atoms with van der Waals surface area (Å²) in [7, 11) is 1.89. The Bertz CT molecular complexity index is 313. The number of amides is 1. The predicted molar refractivity (Wildman–Crippen MR) is 76.0 cm³/mol. The van der Waals surface area contributed by atoms with Gasteiger partial charge in [0.05, 0.1) is 6.10 Å². The van der Waals surface area contributed by atoms with E-state index in [1.54, 1.807) is 0 Å². The lowest BCUT2D eigenvalue weighted by atomic mass is 9.60. The van der Waals surface area contributed by atoms with Crippen molar-refractivity contribution in [1.82, 2.24) is 10.6 Å². The van der Waals surface area contributed by atoms with Crippen molar-refractivity contribution in [1.29, 1.82) is 0 Å². The van der Waals surface area contributed by atoms with Gasteiger partial charge in [0.2, 0.25) is 5.91 Å². The van der Waals surface area contributed by atoms with Crippen LogP contribution in [0, 0.1) is 11.3 Å². The normalized spacial score (nSPS) is 30.1. The van der Waals surface area contributed by atoms with Gasteiger partial charge in [0, 0.05) is 30.5 Å². The summed E-state index contributed by atoms with van der Waals surface area (Å²) in [5, 5.41) is 6.33. The first-order valence-corrected chi connectivity index (χ1v) is 7.70. The van der Waals surface area contributed by atoms with Gasteiger partial charge in [0.25, 0.3) is 0 Å². The molecule has 2 saturated carbocycles. The van der Waals surface area contributed by atoms with Crippen molar-refractivity contribution >= 4 is 5.91 Å². The fourth-order valence-electron chi connectivity index (χ4n) is 3.80. The molecule has 0 aromatic heterocycles. The Labute approximate surface area is 116 Å². The smallest absolute Gasteiger partial charge is 0.224 e. The van der Waals surface area contributed by atoms with E-state index in [0.29, 0.717) is 12.1 Å². The monoisotopic (exact) mass is 268 g/mol. The Balaban J connectivity index is 1.92. The molecule has 19 heavy (non-hydrogen) atoms. The molecule has 1 amide bonds. The highest BCUT2D eigenvalue weighted by molar-refractivity contribution is 5.79. The summed E-state index contributed by atoms with van der Waals surface area (Å²) in [6, 6.07) is 0.332. The third-order valence-electron chi connectivity index (χ3n) is 4.96. The minimum absolute atomic E-state index is 0.0367. The van der Waals surface area contributed by atoms with Crippen molar-refractivity contribution in [3.05, 3.63) is 0 Å². The lowest BCUT2D eigenvalue weighted by Gasteiger charge is -2.54. The molecule has 0 saturated heterocycles. The van der Waals surface area contributed by atoms with E-state index < -0.39 is 0 Å². The van der Waals surface area contributed by atoms with Crippen LogP contribution < -0.4 is 10.6 Å². The van der Waals surface area contributed by atoms with Gasteiger partial charge in [-0.2, -0.15) is 0 Å². The second kappa shape index (κ2) is 6.23. The molecule has 3 atom stereocenters. The maximum Gasteiger partial charge on any atom is 0.224 e. The van der Waals surface area contributed by atoms with E-state index in [1.165, 1.54) is 25.7 Å². The zero-order chi connectivity index (χ0) is 13.9. The van der Waals surface area contributed by atoms with Gasteiger partial charge < -0.3 is 15.4 Å². The zero-order valence-corrected chi connectivity index (χ0v) is 12.5. The van der Waals surface area contributed by atoms with E-state index in [0.717, 1.165) is 19.6 Å². The SMILES string of the molecule is CCOC1CC(NC(=O)C(C)CNC)C12CCCC2. The summed E-state index contributed by atoms with van der Waals surface area (Å²) in [4.78, 5) is 12.1. The van der Waals surface area contributed by atoms with E-state index in [2.05, 4.69) is 17.6 Å². The van der Waals surface area contributed by atoms with Crippen LogP contribution in [0.25, 0.3) is 0 Å². The van der Waals surface area contributed by atoms with Gasteiger partial charge in [-0.1, -0.05) is 19.8 Å². The first-order chi connectivity index (χ1) is 9.14. The fourth-order valence-corrected chi connectivity index (χ4v) is 3.80. The fraction of sp³-hybridized carbons (Fsp3) is 0.933. The van der Waals surface area contributed by atoms with Gasteiger partial charge >= 0.3 is 0 Å². The first-order valence-electron chi connectivity index (χ1n) is 7.70. The molecule has 110 valence electrons. The average molecular weight is 268 g/mol. The number of carbonyl (C=O) groups is 1. The van der Waals surface area contributed by atoms with Crippen molar-refractivity contribution < 1.29 is 9.53 Å². The molecule has 2 fully saturated rings. The first kappa shape index (κ1) is 14.8. The van der Waals surface area contributed by atoms with Crippen molar-refractivity contribution in [2.24, 2.45) is 11.3 Å². The van der Waals surface area contributed by atoms with Gasteiger partial charge in [0.15, 0.2) is 0 Å². The molecule has 0 aromatic carbocycles.